The van der Waals surface area contributed by atoms with Gasteiger partial charge in [0.05, 0.1) is 6.10 Å². The second-order valence-corrected chi connectivity index (χ2v) is 5.11. The normalized spacial score (nSPS) is 14.8. The van der Waals surface area contributed by atoms with E-state index in [0.717, 1.165) is 22.9 Å². The minimum atomic E-state index is -0.472. The fraction of sp³-hybridized carbons (Fsp3) is 0.538. The fourth-order valence-electron chi connectivity index (χ4n) is 1.90. The molecule has 2 nitrogen and oxygen atoms in total. The van der Waals surface area contributed by atoms with Gasteiger partial charge in [0.25, 0.3) is 0 Å². The van der Waals surface area contributed by atoms with Crippen LogP contribution in [0, 0.1) is 12.8 Å². The number of hydrogen-bond acceptors (Lipinski definition) is 2. The van der Waals surface area contributed by atoms with E-state index in [9.17, 15) is 5.11 Å². The van der Waals surface area contributed by atoms with Gasteiger partial charge in [0, 0.05) is 10.4 Å². The van der Waals surface area contributed by atoms with E-state index in [1.165, 1.54) is 5.56 Å². The van der Waals surface area contributed by atoms with Crippen molar-refractivity contribution in [3.8, 4) is 0 Å². The summed E-state index contributed by atoms with van der Waals surface area (Å²) in [5.41, 5.74) is 7.82. The van der Waals surface area contributed by atoms with E-state index in [-0.39, 0.29) is 5.92 Å². The Morgan fingerprint density at radius 3 is 2.62 bits per heavy atom. The molecule has 0 amide bonds. The number of aryl methyl sites for hydroxylation is 1. The van der Waals surface area contributed by atoms with Crippen LogP contribution in [0.2, 0.25) is 0 Å². The molecule has 0 bridgehead atoms. The predicted molar refractivity (Wildman–Crippen MR) is 71.3 cm³/mol. The molecular weight excluding hydrogens is 266 g/mol. The van der Waals surface area contributed by atoms with E-state index in [0.29, 0.717) is 6.54 Å². The Bertz CT molecular complexity index is 341. The highest BCUT2D eigenvalue weighted by Gasteiger charge is 2.20. The van der Waals surface area contributed by atoms with Crippen LogP contribution in [0.25, 0.3) is 0 Å². The maximum Gasteiger partial charge on any atom is 0.0841 e. The van der Waals surface area contributed by atoms with Gasteiger partial charge in [-0.15, -0.1) is 0 Å². The third-order valence-corrected chi connectivity index (χ3v) is 3.57. The Morgan fingerprint density at radius 2 is 2.12 bits per heavy atom. The number of rotatable bonds is 5. The van der Waals surface area contributed by atoms with Crippen molar-refractivity contribution in [1.29, 1.82) is 0 Å². The molecule has 0 saturated carbocycles. The van der Waals surface area contributed by atoms with Gasteiger partial charge in [-0.3, -0.25) is 0 Å². The average Bonchev–Trinajstić information content (AvgIpc) is 2.25. The van der Waals surface area contributed by atoms with E-state index < -0.39 is 6.10 Å². The van der Waals surface area contributed by atoms with Crippen molar-refractivity contribution >= 4 is 15.9 Å². The van der Waals surface area contributed by atoms with Crippen molar-refractivity contribution in [1.82, 2.24) is 0 Å². The van der Waals surface area contributed by atoms with Crippen molar-refractivity contribution in [2.45, 2.75) is 32.8 Å². The first kappa shape index (κ1) is 13.7. The highest BCUT2D eigenvalue weighted by atomic mass is 79.9. The zero-order valence-corrected chi connectivity index (χ0v) is 11.5. The van der Waals surface area contributed by atoms with Gasteiger partial charge in [0.15, 0.2) is 0 Å². The third kappa shape index (κ3) is 3.30. The van der Waals surface area contributed by atoms with E-state index >= 15 is 0 Å². The number of hydrogen-bond donors (Lipinski definition) is 2. The number of nitrogens with two attached hydrogens (primary N) is 1. The van der Waals surface area contributed by atoms with E-state index in [1.54, 1.807) is 0 Å². The summed E-state index contributed by atoms with van der Waals surface area (Å²) in [5.74, 6) is 0.143. The van der Waals surface area contributed by atoms with Crippen molar-refractivity contribution in [2.75, 3.05) is 6.54 Å². The highest BCUT2D eigenvalue weighted by Crippen LogP contribution is 2.31. The fourth-order valence-corrected chi connectivity index (χ4v) is 2.63. The quantitative estimate of drug-likeness (QED) is 0.873. The molecule has 0 aliphatic carbocycles. The maximum atomic E-state index is 10.3. The lowest BCUT2D eigenvalue weighted by Gasteiger charge is -2.22. The number of halogens is 1. The SMILES string of the molecule is CCCC(CN)C(O)c1ccc(C)cc1Br. The minimum Gasteiger partial charge on any atom is -0.388 e. The molecule has 3 N–H and O–H groups in total. The summed E-state index contributed by atoms with van der Waals surface area (Å²) in [6.45, 7) is 4.67. The Hall–Kier alpha value is -0.380. The summed E-state index contributed by atoms with van der Waals surface area (Å²) < 4.78 is 0.967. The Morgan fingerprint density at radius 1 is 1.44 bits per heavy atom. The topological polar surface area (TPSA) is 46.2 Å². The monoisotopic (exact) mass is 285 g/mol. The van der Waals surface area contributed by atoms with Crippen molar-refractivity contribution in [3.63, 3.8) is 0 Å². The van der Waals surface area contributed by atoms with Crippen LogP contribution in [0.15, 0.2) is 22.7 Å². The largest absolute Gasteiger partial charge is 0.388 e. The molecule has 2 atom stereocenters. The van der Waals surface area contributed by atoms with Crippen LogP contribution in [0.1, 0.15) is 37.0 Å². The predicted octanol–water partition coefficient (Wildman–Crippen LogP) is 3.17. The molecule has 0 spiro atoms. The summed E-state index contributed by atoms with van der Waals surface area (Å²) in [6, 6.07) is 6.02. The first-order valence-electron chi connectivity index (χ1n) is 5.74. The second-order valence-electron chi connectivity index (χ2n) is 4.25. The number of aliphatic hydroxyl groups excluding tert-OH is 1. The molecule has 1 aromatic rings. The smallest absolute Gasteiger partial charge is 0.0841 e. The summed E-state index contributed by atoms with van der Waals surface area (Å²) in [4.78, 5) is 0. The maximum absolute atomic E-state index is 10.3. The molecule has 0 fully saturated rings. The minimum absolute atomic E-state index is 0.143. The molecule has 90 valence electrons. The average molecular weight is 286 g/mol. The van der Waals surface area contributed by atoms with E-state index in [1.807, 2.05) is 25.1 Å². The molecular formula is C13H20BrNO. The lowest BCUT2D eigenvalue weighted by atomic mass is 9.91. The molecule has 2 unspecified atom stereocenters. The number of benzene rings is 1. The summed E-state index contributed by atoms with van der Waals surface area (Å²) >= 11 is 3.50. The van der Waals surface area contributed by atoms with Gasteiger partial charge in [0.1, 0.15) is 0 Å². The third-order valence-electron chi connectivity index (χ3n) is 2.88. The van der Waals surface area contributed by atoms with Gasteiger partial charge in [-0.1, -0.05) is 41.4 Å². The lowest BCUT2D eigenvalue weighted by molar-refractivity contribution is 0.106. The summed E-state index contributed by atoms with van der Waals surface area (Å²) in [7, 11) is 0. The van der Waals surface area contributed by atoms with Crippen LogP contribution < -0.4 is 5.73 Å². The molecule has 16 heavy (non-hydrogen) atoms. The molecule has 0 saturated heterocycles. The second kappa shape index (κ2) is 6.38. The molecule has 3 heteroatoms. The summed E-state index contributed by atoms with van der Waals surface area (Å²) in [6.07, 6.45) is 1.53. The van der Waals surface area contributed by atoms with Crippen LogP contribution in [0.3, 0.4) is 0 Å². The molecule has 0 aromatic heterocycles. The highest BCUT2D eigenvalue weighted by molar-refractivity contribution is 9.10. The molecule has 0 radical (unpaired) electrons. The van der Waals surface area contributed by atoms with E-state index in [2.05, 4.69) is 22.9 Å². The van der Waals surface area contributed by atoms with Crippen LogP contribution >= 0.6 is 15.9 Å². The molecule has 1 aromatic carbocycles. The van der Waals surface area contributed by atoms with Gasteiger partial charge in [-0.25, -0.2) is 0 Å². The summed E-state index contributed by atoms with van der Waals surface area (Å²) in [5, 5.41) is 10.3. The number of aliphatic hydroxyl groups is 1. The van der Waals surface area contributed by atoms with Crippen molar-refractivity contribution < 1.29 is 5.11 Å². The van der Waals surface area contributed by atoms with Gasteiger partial charge in [-0.05, 0) is 37.1 Å². The van der Waals surface area contributed by atoms with Gasteiger partial charge >= 0.3 is 0 Å². The Kier molecular flexibility index (Phi) is 5.46. The van der Waals surface area contributed by atoms with Crippen LogP contribution in [-0.4, -0.2) is 11.7 Å². The van der Waals surface area contributed by atoms with Gasteiger partial charge < -0.3 is 10.8 Å². The van der Waals surface area contributed by atoms with Crippen LogP contribution in [0.5, 0.6) is 0 Å². The van der Waals surface area contributed by atoms with Gasteiger partial charge in [-0.2, -0.15) is 0 Å². The van der Waals surface area contributed by atoms with Crippen LogP contribution in [0.4, 0.5) is 0 Å². The van der Waals surface area contributed by atoms with Gasteiger partial charge in [0.2, 0.25) is 0 Å². The Balaban J connectivity index is 2.89. The zero-order valence-electron chi connectivity index (χ0n) is 9.91. The molecule has 0 aliphatic rings. The zero-order chi connectivity index (χ0) is 12.1. The van der Waals surface area contributed by atoms with Crippen molar-refractivity contribution in [2.24, 2.45) is 11.7 Å². The molecule has 1 rings (SSSR count). The molecule has 0 aliphatic heterocycles. The lowest BCUT2D eigenvalue weighted by Crippen LogP contribution is -2.22. The first-order chi connectivity index (χ1) is 7.60. The molecule has 0 heterocycles. The van der Waals surface area contributed by atoms with Crippen LogP contribution in [-0.2, 0) is 0 Å². The standard InChI is InChI=1S/C13H20BrNO/c1-3-4-10(8-15)13(16)11-6-5-9(2)7-12(11)14/h5-7,10,13,16H,3-4,8,15H2,1-2H3. The van der Waals surface area contributed by atoms with Crippen molar-refractivity contribution in [3.05, 3.63) is 33.8 Å². The van der Waals surface area contributed by atoms with E-state index in [4.69, 9.17) is 5.73 Å². The first-order valence-corrected chi connectivity index (χ1v) is 6.53. The Labute approximate surface area is 106 Å².